The molecule has 0 aliphatic heterocycles. The Hall–Kier alpha value is -3.99. The molecule has 168 valence electrons. The van der Waals surface area contributed by atoms with E-state index in [0.717, 1.165) is 12.8 Å². The molecule has 8 nitrogen and oxygen atoms in total. The van der Waals surface area contributed by atoms with Gasteiger partial charge in [-0.2, -0.15) is 5.26 Å². The predicted molar refractivity (Wildman–Crippen MR) is 119 cm³/mol. The standard InChI is InChI=1S/C24H26N2O6/c1-5-6-11-26-23(27)18(15-25)12-16-7-9-20(21(13-16)30-3)32-24(28)17-8-10-19(29-2)22(14-17)31-4/h7-10,12-14H,5-6,11H2,1-4H3,(H,26,27). The zero-order valence-corrected chi connectivity index (χ0v) is 18.6. The molecule has 0 heterocycles. The minimum Gasteiger partial charge on any atom is -0.493 e. The second-order valence-corrected chi connectivity index (χ2v) is 6.65. The predicted octanol–water partition coefficient (Wildman–Crippen LogP) is 3.75. The van der Waals surface area contributed by atoms with Gasteiger partial charge in [-0.05, 0) is 48.4 Å². The Bertz CT molecular complexity index is 1040. The molecule has 0 spiro atoms. The lowest BCUT2D eigenvalue weighted by Crippen LogP contribution is -2.25. The number of nitrogens with zero attached hydrogens (tertiary/aromatic N) is 1. The summed E-state index contributed by atoms with van der Waals surface area (Å²) in [6, 6.07) is 11.3. The summed E-state index contributed by atoms with van der Waals surface area (Å²) in [5, 5.41) is 12.0. The number of unbranched alkanes of at least 4 members (excludes halogenated alkanes) is 1. The molecule has 0 aliphatic carbocycles. The average Bonchev–Trinajstić information content (AvgIpc) is 2.82. The summed E-state index contributed by atoms with van der Waals surface area (Å²) in [7, 11) is 4.41. The summed E-state index contributed by atoms with van der Waals surface area (Å²) >= 11 is 0. The summed E-state index contributed by atoms with van der Waals surface area (Å²) in [4.78, 5) is 24.7. The van der Waals surface area contributed by atoms with E-state index in [2.05, 4.69) is 5.32 Å². The first kappa shape index (κ1) is 24.3. The number of hydrogen-bond acceptors (Lipinski definition) is 7. The number of methoxy groups -OCH3 is 3. The number of carbonyl (C=O) groups excluding carboxylic acids is 2. The smallest absolute Gasteiger partial charge is 0.343 e. The minimum absolute atomic E-state index is 0.0294. The quantitative estimate of drug-likeness (QED) is 0.198. The maximum Gasteiger partial charge on any atom is 0.343 e. The third kappa shape index (κ3) is 6.25. The van der Waals surface area contributed by atoms with Gasteiger partial charge in [0.05, 0.1) is 26.9 Å². The van der Waals surface area contributed by atoms with E-state index >= 15 is 0 Å². The van der Waals surface area contributed by atoms with Crippen molar-refractivity contribution < 1.29 is 28.5 Å². The Morgan fingerprint density at radius 2 is 1.62 bits per heavy atom. The maximum atomic E-state index is 12.6. The Kier molecular flexibility index (Phi) is 9.11. The van der Waals surface area contributed by atoms with Crippen molar-refractivity contribution in [1.82, 2.24) is 5.32 Å². The van der Waals surface area contributed by atoms with Gasteiger partial charge in [0.2, 0.25) is 0 Å². The van der Waals surface area contributed by atoms with Gasteiger partial charge in [0, 0.05) is 6.54 Å². The molecule has 0 bridgehead atoms. The number of nitriles is 1. The molecule has 0 radical (unpaired) electrons. The van der Waals surface area contributed by atoms with Crippen molar-refractivity contribution in [3.05, 3.63) is 53.1 Å². The normalized spacial score (nSPS) is 10.7. The lowest BCUT2D eigenvalue weighted by atomic mass is 10.1. The highest BCUT2D eigenvalue weighted by molar-refractivity contribution is 6.01. The molecular weight excluding hydrogens is 412 g/mol. The Balaban J connectivity index is 2.22. The summed E-state index contributed by atoms with van der Waals surface area (Å²) in [5.74, 6) is 0.302. The van der Waals surface area contributed by atoms with Gasteiger partial charge in [-0.25, -0.2) is 4.79 Å². The van der Waals surface area contributed by atoms with E-state index in [1.165, 1.54) is 39.5 Å². The molecule has 1 N–H and O–H groups in total. The number of carbonyl (C=O) groups is 2. The highest BCUT2D eigenvalue weighted by Gasteiger charge is 2.16. The van der Waals surface area contributed by atoms with Crippen LogP contribution < -0.4 is 24.3 Å². The number of hydrogen-bond donors (Lipinski definition) is 1. The zero-order valence-electron chi connectivity index (χ0n) is 18.6. The molecule has 0 unspecified atom stereocenters. The third-order valence-electron chi connectivity index (χ3n) is 4.50. The van der Waals surface area contributed by atoms with Gasteiger partial charge in [-0.1, -0.05) is 19.4 Å². The molecule has 0 aliphatic rings. The van der Waals surface area contributed by atoms with Crippen LogP contribution in [0.2, 0.25) is 0 Å². The molecular formula is C24H26N2O6. The molecule has 1 amide bonds. The van der Waals surface area contributed by atoms with Crippen LogP contribution >= 0.6 is 0 Å². The van der Waals surface area contributed by atoms with E-state index in [1.54, 1.807) is 24.3 Å². The van der Waals surface area contributed by atoms with Gasteiger partial charge in [0.15, 0.2) is 23.0 Å². The Labute approximate surface area is 187 Å². The monoisotopic (exact) mass is 438 g/mol. The lowest BCUT2D eigenvalue weighted by molar-refractivity contribution is -0.117. The van der Waals surface area contributed by atoms with Crippen LogP contribution in [0.25, 0.3) is 6.08 Å². The fourth-order valence-corrected chi connectivity index (χ4v) is 2.77. The van der Waals surface area contributed by atoms with Crippen molar-refractivity contribution in [2.24, 2.45) is 0 Å². The molecule has 0 aromatic heterocycles. The van der Waals surface area contributed by atoms with Crippen LogP contribution in [0.5, 0.6) is 23.0 Å². The van der Waals surface area contributed by atoms with Crippen molar-refractivity contribution in [2.45, 2.75) is 19.8 Å². The van der Waals surface area contributed by atoms with Crippen LogP contribution in [0, 0.1) is 11.3 Å². The second-order valence-electron chi connectivity index (χ2n) is 6.65. The first-order valence-corrected chi connectivity index (χ1v) is 9.99. The van der Waals surface area contributed by atoms with E-state index in [9.17, 15) is 14.9 Å². The molecule has 0 fully saturated rings. The van der Waals surface area contributed by atoms with Crippen LogP contribution in [0.4, 0.5) is 0 Å². The van der Waals surface area contributed by atoms with Crippen molar-refractivity contribution in [3.63, 3.8) is 0 Å². The molecule has 0 saturated carbocycles. The van der Waals surface area contributed by atoms with E-state index in [-0.39, 0.29) is 22.6 Å². The summed E-state index contributed by atoms with van der Waals surface area (Å²) < 4.78 is 21.2. The number of rotatable bonds is 10. The number of esters is 1. The van der Waals surface area contributed by atoms with Crippen LogP contribution in [-0.2, 0) is 4.79 Å². The molecule has 2 aromatic rings. The number of nitrogens with one attached hydrogen (secondary N) is 1. The van der Waals surface area contributed by atoms with Gasteiger partial charge in [0.1, 0.15) is 11.6 Å². The zero-order chi connectivity index (χ0) is 23.5. The highest BCUT2D eigenvalue weighted by atomic mass is 16.6. The molecule has 2 rings (SSSR count). The largest absolute Gasteiger partial charge is 0.493 e. The summed E-state index contributed by atoms with van der Waals surface area (Å²) in [6.45, 7) is 2.52. The van der Waals surface area contributed by atoms with E-state index in [0.29, 0.717) is 23.6 Å². The second kappa shape index (κ2) is 12.0. The third-order valence-corrected chi connectivity index (χ3v) is 4.50. The van der Waals surface area contributed by atoms with E-state index in [4.69, 9.17) is 18.9 Å². The Morgan fingerprint density at radius 3 is 2.25 bits per heavy atom. The van der Waals surface area contributed by atoms with Crippen molar-refractivity contribution >= 4 is 18.0 Å². The SMILES string of the molecule is CCCCNC(=O)C(C#N)=Cc1ccc(OC(=O)c2ccc(OC)c(OC)c2)c(OC)c1. The van der Waals surface area contributed by atoms with Crippen LogP contribution in [-0.4, -0.2) is 39.8 Å². The number of benzene rings is 2. The molecule has 0 atom stereocenters. The van der Waals surface area contributed by atoms with Gasteiger partial charge < -0.3 is 24.3 Å². The van der Waals surface area contributed by atoms with Gasteiger partial charge in [-0.15, -0.1) is 0 Å². The maximum absolute atomic E-state index is 12.6. The highest BCUT2D eigenvalue weighted by Crippen LogP contribution is 2.31. The van der Waals surface area contributed by atoms with Crippen molar-refractivity contribution in [3.8, 4) is 29.1 Å². The molecule has 0 saturated heterocycles. The number of amides is 1. The van der Waals surface area contributed by atoms with E-state index in [1.807, 2.05) is 13.0 Å². The average molecular weight is 438 g/mol. The summed E-state index contributed by atoms with van der Waals surface area (Å²) in [5.41, 5.74) is 0.789. The summed E-state index contributed by atoms with van der Waals surface area (Å²) in [6.07, 6.45) is 3.22. The van der Waals surface area contributed by atoms with Crippen LogP contribution in [0.1, 0.15) is 35.7 Å². The van der Waals surface area contributed by atoms with Crippen LogP contribution in [0.3, 0.4) is 0 Å². The van der Waals surface area contributed by atoms with Gasteiger partial charge in [-0.3, -0.25) is 4.79 Å². The molecule has 32 heavy (non-hydrogen) atoms. The molecule has 8 heteroatoms. The van der Waals surface area contributed by atoms with Crippen molar-refractivity contribution in [2.75, 3.05) is 27.9 Å². The first-order valence-electron chi connectivity index (χ1n) is 9.99. The lowest BCUT2D eigenvalue weighted by Gasteiger charge is -2.12. The fourth-order valence-electron chi connectivity index (χ4n) is 2.77. The van der Waals surface area contributed by atoms with Gasteiger partial charge in [0.25, 0.3) is 5.91 Å². The first-order chi connectivity index (χ1) is 15.5. The van der Waals surface area contributed by atoms with Crippen molar-refractivity contribution in [1.29, 1.82) is 5.26 Å². The number of ether oxygens (including phenoxy) is 4. The van der Waals surface area contributed by atoms with E-state index < -0.39 is 11.9 Å². The topological polar surface area (TPSA) is 107 Å². The van der Waals surface area contributed by atoms with Crippen LogP contribution in [0.15, 0.2) is 42.0 Å². The minimum atomic E-state index is -0.611. The fraction of sp³-hybridized carbons (Fsp3) is 0.292. The van der Waals surface area contributed by atoms with Gasteiger partial charge >= 0.3 is 5.97 Å². The Morgan fingerprint density at radius 1 is 0.969 bits per heavy atom. The molecule has 2 aromatic carbocycles.